The van der Waals surface area contributed by atoms with Gasteiger partial charge in [0.25, 0.3) is 0 Å². The van der Waals surface area contributed by atoms with E-state index in [0.29, 0.717) is 0 Å². The molecule has 0 aromatic carbocycles. The predicted octanol–water partition coefficient (Wildman–Crippen LogP) is 0.994. The van der Waals surface area contributed by atoms with E-state index in [9.17, 15) is 0 Å². The molecule has 52 valence electrons. The zero-order valence-electron chi connectivity index (χ0n) is 5.47. The van der Waals surface area contributed by atoms with E-state index in [2.05, 4.69) is 4.31 Å². The van der Waals surface area contributed by atoms with Crippen LogP contribution >= 0.6 is 12.1 Å². The Balaban J connectivity index is 1.82. The van der Waals surface area contributed by atoms with E-state index < -0.39 is 0 Å². The summed E-state index contributed by atoms with van der Waals surface area (Å²) in [6.45, 7) is 2.49. The maximum absolute atomic E-state index is 5.38. The summed E-state index contributed by atoms with van der Waals surface area (Å²) in [6, 6.07) is 0. The molecule has 9 heavy (non-hydrogen) atoms. The number of rotatable bonds is 1. The van der Waals surface area contributed by atoms with E-state index >= 15 is 0 Å². The number of hydrogen-bond donors (Lipinski definition) is 1. The van der Waals surface area contributed by atoms with E-state index in [4.69, 9.17) is 5.14 Å². The molecular weight excluding hydrogens is 132 g/mol. The molecule has 2 aliphatic rings. The molecule has 1 saturated carbocycles. The Labute approximate surface area is 60.0 Å². The third-order valence-electron chi connectivity index (χ3n) is 2.59. The van der Waals surface area contributed by atoms with Crippen LogP contribution in [0, 0.1) is 5.41 Å². The Kier molecular flexibility index (Phi) is 1.25. The van der Waals surface area contributed by atoms with Gasteiger partial charge in [-0.05, 0) is 18.3 Å². The van der Waals surface area contributed by atoms with Crippen molar-refractivity contribution in [3.8, 4) is 0 Å². The van der Waals surface area contributed by atoms with Gasteiger partial charge in [0.1, 0.15) is 0 Å². The van der Waals surface area contributed by atoms with Crippen molar-refractivity contribution >= 4 is 12.1 Å². The highest BCUT2D eigenvalue weighted by atomic mass is 32.2. The summed E-state index contributed by atoms with van der Waals surface area (Å²) in [6.07, 6.45) is 4.34. The molecule has 1 aliphatic heterocycles. The normalized spacial score (nSPS) is 31.7. The average molecular weight is 144 g/mol. The van der Waals surface area contributed by atoms with E-state index in [1.165, 1.54) is 44.5 Å². The van der Waals surface area contributed by atoms with Crippen molar-refractivity contribution in [1.29, 1.82) is 0 Å². The van der Waals surface area contributed by atoms with Gasteiger partial charge in [0.2, 0.25) is 0 Å². The zero-order valence-corrected chi connectivity index (χ0v) is 6.28. The average Bonchev–Trinajstić information content (AvgIpc) is 1.59. The van der Waals surface area contributed by atoms with Gasteiger partial charge < -0.3 is 0 Å². The third kappa shape index (κ3) is 0.791. The van der Waals surface area contributed by atoms with Gasteiger partial charge in [0.15, 0.2) is 0 Å². The van der Waals surface area contributed by atoms with Gasteiger partial charge >= 0.3 is 0 Å². The van der Waals surface area contributed by atoms with Gasteiger partial charge in [-0.25, -0.2) is 4.31 Å². The molecular formula is C6H12N2S. The summed E-state index contributed by atoms with van der Waals surface area (Å²) in [7, 11) is 0. The number of nitrogens with zero attached hydrogens (tertiary/aromatic N) is 1. The van der Waals surface area contributed by atoms with Crippen LogP contribution in [-0.4, -0.2) is 17.4 Å². The predicted molar refractivity (Wildman–Crippen MR) is 39.6 cm³/mol. The maximum Gasteiger partial charge on any atom is 0.0171 e. The summed E-state index contributed by atoms with van der Waals surface area (Å²) in [5.74, 6) is 0. The topological polar surface area (TPSA) is 29.3 Å². The summed E-state index contributed by atoms with van der Waals surface area (Å²) < 4.78 is 2.24. The van der Waals surface area contributed by atoms with Crippen molar-refractivity contribution in [3.63, 3.8) is 0 Å². The lowest BCUT2D eigenvalue weighted by Crippen LogP contribution is -2.57. The summed E-state index contributed by atoms with van der Waals surface area (Å²) in [5, 5.41) is 5.38. The molecule has 0 aromatic rings. The molecule has 1 saturated heterocycles. The van der Waals surface area contributed by atoms with Crippen molar-refractivity contribution in [2.24, 2.45) is 10.6 Å². The molecule has 2 nitrogen and oxygen atoms in total. The molecule has 0 unspecified atom stereocenters. The highest BCUT2D eigenvalue weighted by molar-refractivity contribution is 7.94. The molecule has 2 rings (SSSR count). The monoisotopic (exact) mass is 144 g/mol. The minimum atomic E-state index is 0.742. The van der Waals surface area contributed by atoms with E-state index in [1.807, 2.05) is 0 Å². The largest absolute Gasteiger partial charge is 0.264 e. The van der Waals surface area contributed by atoms with Gasteiger partial charge in [-0.15, -0.1) is 0 Å². The second-order valence-corrected chi connectivity index (χ2v) is 3.98. The second-order valence-electron chi connectivity index (χ2n) is 3.26. The molecule has 0 radical (unpaired) electrons. The van der Waals surface area contributed by atoms with Crippen molar-refractivity contribution in [3.05, 3.63) is 0 Å². The first kappa shape index (κ1) is 6.01. The van der Waals surface area contributed by atoms with Crippen molar-refractivity contribution in [2.75, 3.05) is 13.1 Å². The Bertz CT molecular complexity index is 114. The Morgan fingerprint density at radius 2 is 2.00 bits per heavy atom. The van der Waals surface area contributed by atoms with Crippen LogP contribution < -0.4 is 5.14 Å². The molecule has 0 amide bonds. The summed E-state index contributed by atoms with van der Waals surface area (Å²) in [4.78, 5) is 0. The van der Waals surface area contributed by atoms with Crippen LogP contribution in [0.1, 0.15) is 19.3 Å². The molecule has 2 N–H and O–H groups in total. The van der Waals surface area contributed by atoms with Crippen LogP contribution in [0.2, 0.25) is 0 Å². The highest BCUT2D eigenvalue weighted by Gasteiger charge is 2.47. The summed E-state index contributed by atoms with van der Waals surface area (Å²) in [5.41, 5.74) is 0.742. The molecule has 0 atom stereocenters. The minimum absolute atomic E-state index is 0.742. The fraction of sp³-hybridized carbons (Fsp3) is 1.00. The van der Waals surface area contributed by atoms with Crippen LogP contribution in [0.15, 0.2) is 0 Å². The molecule has 1 spiro atoms. The number of nitrogens with two attached hydrogens (primary N) is 1. The quantitative estimate of drug-likeness (QED) is 0.557. The second kappa shape index (κ2) is 1.87. The van der Waals surface area contributed by atoms with Crippen LogP contribution in [0.4, 0.5) is 0 Å². The van der Waals surface area contributed by atoms with Gasteiger partial charge in [-0.3, -0.25) is 5.14 Å². The van der Waals surface area contributed by atoms with E-state index in [1.54, 1.807) is 0 Å². The lowest BCUT2D eigenvalue weighted by atomic mass is 9.65. The minimum Gasteiger partial charge on any atom is -0.264 e. The Morgan fingerprint density at radius 3 is 2.33 bits per heavy atom. The zero-order chi connectivity index (χ0) is 6.32. The first-order valence-corrected chi connectivity index (χ1v) is 4.30. The molecule has 1 aliphatic carbocycles. The first-order valence-electron chi connectivity index (χ1n) is 3.46. The molecule has 0 aromatic heterocycles. The number of hydrogen-bond acceptors (Lipinski definition) is 3. The maximum atomic E-state index is 5.38. The summed E-state index contributed by atoms with van der Waals surface area (Å²) >= 11 is 1.40. The molecule has 1 heterocycles. The Hall–Kier alpha value is 0.270. The third-order valence-corrected chi connectivity index (χ3v) is 3.14. The molecule has 2 fully saturated rings. The van der Waals surface area contributed by atoms with Crippen molar-refractivity contribution in [2.45, 2.75) is 19.3 Å². The molecule has 0 bridgehead atoms. The van der Waals surface area contributed by atoms with Crippen molar-refractivity contribution < 1.29 is 0 Å². The lowest BCUT2D eigenvalue weighted by Gasteiger charge is -2.54. The van der Waals surface area contributed by atoms with Crippen molar-refractivity contribution in [1.82, 2.24) is 4.31 Å². The van der Waals surface area contributed by atoms with E-state index in [-0.39, 0.29) is 0 Å². The van der Waals surface area contributed by atoms with Gasteiger partial charge in [0.05, 0.1) is 0 Å². The molecule has 3 heteroatoms. The smallest absolute Gasteiger partial charge is 0.0171 e. The standard InChI is InChI=1S/C6H12N2S/c7-9-8-4-6(5-8)2-1-3-6/h1-5,7H2. The van der Waals surface area contributed by atoms with Crippen LogP contribution in [0.25, 0.3) is 0 Å². The van der Waals surface area contributed by atoms with Gasteiger partial charge in [-0.1, -0.05) is 6.42 Å². The fourth-order valence-corrected chi connectivity index (χ4v) is 2.47. The Morgan fingerprint density at radius 1 is 1.33 bits per heavy atom. The van der Waals surface area contributed by atoms with E-state index in [0.717, 1.165) is 5.41 Å². The lowest BCUT2D eigenvalue weighted by molar-refractivity contribution is -0.00153. The van der Waals surface area contributed by atoms with Gasteiger partial charge in [-0.2, -0.15) is 0 Å². The highest BCUT2D eigenvalue weighted by Crippen LogP contribution is 2.49. The van der Waals surface area contributed by atoms with Crippen LogP contribution in [0.5, 0.6) is 0 Å². The first-order chi connectivity index (χ1) is 4.35. The SMILES string of the molecule is NSN1CC2(CCC2)C1. The van der Waals surface area contributed by atoms with Gasteiger partial charge in [0, 0.05) is 25.2 Å². The van der Waals surface area contributed by atoms with Crippen LogP contribution in [-0.2, 0) is 0 Å². The van der Waals surface area contributed by atoms with Crippen LogP contribution in [0.3, 0.4) is 0 Å². The fourth-order valence-electron chi connectivity index (χ4n) is 1.77.